The molecule has 0 fully saturated rings. The second-order valence-corrected chi connectivity index (χ2v) is 2.18. The highest BCUT2D eigenvalue weighted by Gasteiger charge is 2.00. The molecule has 1 heterocycles. The zero-order valence-electron chi connectivity index (χ0n) is 5.97. The number of aromatic nitrogens is 1. The summed E-state index contributed by atoms with van der Waals surface area (Å²) in [5, 5.41) is 0. The van der Waals surface area contributed by atoms with Crippen LogP contribution in [0.3, 0.4) is 0 Å². The average Bonchev–Trinajstić information content (AvgIpc) is 2.13. The first-order valence-corrected chi connectivity index (χ1v) is 3.00. The van der Waals surface area contributed by atoms with Crippen LogP contribution in [-0.2, 0) is 4.79 Å². The van der Waals surface area contributed by atoms with Crippen molar-refractivity contribution in [3.63, 3.8) is 0 Å². The Hall–Kier alpha value is -1.25. The Morgan fingerprint density at radius 3 is 2.70 bits per heavy atom. The molecule has 1 aromatic heterocycles. The lowest BCUT2D eigenvalue weighted by Gasteiger charge is -1.91. The first-order valence-electron chi connectivity index (χ1n) is 3.00. The molecule has 3 nitrogen and oxygen atoms in total. The Kier molecular flexibility index (Phi) is 1.76. The number of carbonyl (C=O) groups is 1. The molecule has 0 saturated heterocycles. The Balaban J connectivity index is 2.91. The van der Waals surface area contributed by atoms with Crippen LogP contribution in [0.4, 0.5) is 0 Å². The molecule has 1 rings (SSSR count). The zero-order chi connectivity index (χ0) is 7.56. The fourth-order valence-corrected chi connectivity index (χ4v) is 0.875. The molecule has 0 amide bonds. The third kappa shape index (κ3) is 1.18. The molecule has 0 aliphatic carbocycles. The van der Waals surface area contributed by atoms with Crippen LogP contribution < -0.4 is 4.74 Å². The second-order valence-electron chi connectivity index (χ2n) is 2.18. The lowest BCUT2D eigenvalue weighted by molar-refractivity contribution is -0.120. The number of aryl methyl sites for hydroxylation is 2. The molecule has 0 unspecified atom stereocenters. The summed E-state index contributed by atoms with van der Waals surface area (Å²) in [5.41, 5.74) is 1.94. The van der Waals surface area contributed by atoms with Crippen LogP contribution >= 0.6 is 0 Å². The highest BCUT2D eigenvalue weighted by molar-refractivity contribution is 5.45. The van der Waals surface area contributed by atoms with Crippen LogP contribution in [0.2, 0.25) is 0 Å². The highest BCUT2D eigenvalue weighted by atomic mass is 16.5. The van der Waals surface area contributed by atoms with E-state index in [1.165, 1.54) is 0 Å². The topological polar surface area (TPSA) is 42.1 Å². The highest BCUT2D eigenvalue weighted by Crippen LogP contribution is 2.15. The van der Waals surface area contributed by atoms with Gasteiger partial charge in [-0.25, -0.2) is 0 Å². The van der Waals surface area contributed by atoms with Crippen LogP contribution in [0.25, 0.3) is 0 Å². The molecule has 0 saturated carbocycles. The molecule has 0 aliphatic rings. The van der Waals surface area contributed by atoms with Crippen molar-refractivity contribution < 1.29 is 9.53 Å². The van der Waals surface area contributed by atoms with Gasteiger partial charge in [0.15, 0.2) is 0 Å². The van der Waals surface area contributed by atoms with Crippen molar-refractivity contribution >= 4 is 6.47 Å². The molecule has 10 heavy (non-hydrogen) atoms. The number of nitrogens with one attached hydrogen (secondary N) is 1. The smallest absolute Gasteiger partial charge is 0.299 e. The van der Waals surface area contributed by atoms with Gasteiger partial charge in [0, 0.05) is 11.3 Å². The molecule has 0 spiro atoms. The quantitative estimate of drug-likeness (QED) is 0.625. The van der Waals surface area contributed by atoms with Gasteiger partial charge in [0.05, 0.1) is 0 Å². The van der Waals surface area contributed by atoms with Crippen molar-refractivity contribution in [3.8, 4) is 5.88 Å². The van der Waals surface area contributed by atoms with E-state index in [9.17, 15) is 4.79 Å². The van der Waals surface area contributed by atoms with Crippen molar-refractivity contribution in [2.24, 2.45) is 0 Å². The molecular formula is C7H9NO2. The number of rotatable bonds is 2. The summed E-state index contributed by atoms with van der Waals surface area (Å²) in [7, 11) is 0. The third-order valence-corrected chi connectivity index (χ3v) is 1.27. The monoisotopic (exact) mass is 139 g/mol. The first-order chi connectivity index (χ1) is 4.74. The van der Waals surface area contributed by atoms with Crippen molar-refractivity contribution in [2.45, 2.75) is 13.8 Å². The van der Waals surface area contributed by atoms with E-state index in [1.807, 2.05) is 19.9 Å². The van der Waals surface area contributed by atoms with Gasteiger partial charge in [-0.05, 0) is 19.9 Å². The molecule has 54 valence electrons. The van der Waals surface area contributed by atoms with Gasteiger partial charge in [0.2, 0.25) is 5.88 Å². The summed E-state index contributed by atoms with van der Waals surface area (Å²) >= 11 is 0. The van der Waals surface area contributed by atoms with Crippen LogP contribution in [-0.4, -0.2) is 11.5 Å². The van der Waals surface area contributed by atoms with Crippen LogP contribution in [0, 0.1) is 13.8 Å². The van der Waals surface area contributed by atoms with Gasteiger partial charge in [0.25, 0.3) is 6.47 Å². The van der Waals surface area contributed by atoms with Gasteiger partial charge in [-0.3, -0.25) is 4.79 Å². The Labute approximate surface area is 59.0 Å². The maximum atomic E-state index is 9.89. The largest absolute Gasteiger partial charge is 0.411 e. The first kappa shape index (κ1) is 6.86. The predicted octanol–water partition coefficient (Wildman–Crippen LogP) is 1.17. The maximum Gasteiger partial charge on any atom is 0.299 e. The summed E-state index contributed by atoms with van der Waals surface area (Å²) in [5.74, 6) is 0.535. The molecule has 0 atom stereocenters. The van der Waals surface area contributed by atoms with Crippen LogP contribution in [0.5, 0.6) is 5.88 Å². The Bertz CT molecular complexity index is 240. The number of hydrogen-bond donors (Lipinski definition) is 1. The van der Waals surface area contributed by atoms with Gasteiger partial charge in [-0.1, -0.05) is 0 Å². The van der Waals surface area contributed by atoms with Crippen molar-refractivity contribution in [1.29, 1.82) is 0 Å². The van der Waals surface area contributed by atoms with Crippen molar-refractivity contribution in [3.05, 3.63) is 17.3 Å². The molecule has 0 aromatic carbocycles. The number of hydrogen-bond acceptors (Lipinski definition) is 2. The molecule has 1 aromatic rings. The summed E-state index contributed by atoms with van der Waals surface area (Å²) in [4.78, 5) is 12.8. The molecule has 0 bridgehead atoms. The predicted molar refractivity (Wildman–Crippen MR) is 37.0 cm³/mol. The van der Waals surface area contributed by atoms with E-state index in [-0.39, 0.29) is 0 Å². The van der Waals surface area contributed by atoms with Gasteiger partial charge < -0.3 is 9.72 Å². The minimum absolute atomic E-state index is 0.415. The van der Waals surface area contributed by atoms with E-state index >= 15 is 0 Å². The Morgan fingerprint density at radius 2 is 2.30 bits per heavy atom. The fraction of sp³-hybridized carbons (Fsp3) is 0.286. The minimum Gasteiger partial charge on any atom is -0.411 e. The number of H-pyrrole nitrogens is 1. The van der Waals surface area contributed by atoms with E-state index < -0.39 is 0 Å². The molecular weight excluding hydrogens is 130 g/mol. The second kappa shape index (κ2) is 2.56. The molecule has 0 radical (unpaired) electrons. The lowest BCUT2D eigenvalue weighted by Crippen LogP contribution is -1.89. The molecule has 3 heteroatoms. The number of ether oxygens (including phenoxy) is 1. The van der Waals surface area contributed by atoms with Gasteiger partial charge in [-0.2, -0.15) is 0 Å². The van der Waals surface area contributed by atoms with Gasteiger partial charge in [0.1, 0.15) is 0 Å². The summed E-state index contributed by atoms with van der Waals surface area (Å²) < 4.78 is 4.62. The standard InChI is InChI=1S/C7H9NO2/c1-5-3-6(2)8-7(5)10-4-9/h3-4,8H,1-2H3. The average molecular weight is 139 g/mol. The third-order valence-electron chi connectivity index (χ3n) is 1.27. The van der Waals surface area contributed by atoms with Crippen molar-refractivity contribution in [2.75, 3.05) is 0 Å². The number of carbonyl (C=O) groups excluding carboxylic acids is 1. The lowest BCUT2D eigenvalue weighted by atomic mass is 10.3. The normalized spacial score (nSPS) is 9.40. The van der Waals surface area contributed by atoms with E-state index in [0.29, 0.717) is 12.4 Å². The minimum atomic E-state index is 0.415. The zero-order valence-corrected chi connectivity index (χ0v) is 5.97. The molecule has 1 N–H and O–H groups in total. The maximum absolute atomic E-state index is 9.89. The van der Waals surface area contributed by atoms with Crippen LogP contribution in [0.1, 0.15) is 11.3 Å². The summed E-state index contributed by atoms with van der Waals surface area (Å²) in [6.45, 7) is 4.20. The number of aromatic amines is 1. The fourth-order valence-electron chi connectivity index (χ4n) is 0.875. The van der Waals surface area contributed by atoms with E-state index in [2.05, 4.69) is 9.72 Å². The van der Waals surface area contributed by atoms with E-state index in [1.54, 1.807) is 0 Å². The summed E-state index contributed by atoms with van der Waals surface area (Å²) in [6, 6.07) is 1.92. The summed E-state index contributed by atoms with van der Waals surface area (Å²) in [6.07, 6.45) is 0. The Morgan fingerprint density at radius 1 is 1.60 bits per heavy atom. The molecule has 0 aliphatic heterocycles. The van der Waals surface area contributed by atoms with E-state index in [0.717, 1.165) is 11.3 Å². The van der Waals surface area contributed by atoms with Crippen LogP contribution in [0.15, 0.2) is 6.07 Å². The van der Waals surface area contributed by atoms with Gasteiger partial charge >= 0.3 is 0 Å². The van der Waals surface area contributed by atoms with Crippen molar-refractivity contribution in [1.82, 2.24) is 4.98 Å². The van der Waals surface area contributed by atoms with Gasteiger partial charge in [-0.15, -0.1) is 0 Å². The van der Waals surface area contributed by atoms with E-state index in [4.69, 9.17) is 0 Å². The SMILES string of the molecule is Cc1cc(C)c(OC=O)[nH]1.